The summed E-state index contributed by atoms with van der Waals surface area (Å²) in [4.78, 5) is 14.0. The zero-order valence-corrected chi connectivity index (χ0v) is 11.6. The van der Waals surface area contributed by atoms with Gasteiger partial charge in [-0.05, 0) is 40.2 Å². The van der Waals surface area contributed by atoms with Crippen LogP contribution in [0.15, 0.2) is 0 Å². The molecule has 1 N–H and O–H groups in total. The largest absolute Gasteiger partial charge is 0.355 e. The van der Waals surface area contributed by atoms with E-state index < -0.39 is 4.32 Å². The second kappa shape index (κ2) is 4.83. The van der Waals surface area contributed by atoms with Gasteiger partial charge in [0.25, 0.3) is 0 Å². The fourth-order valence-electron chi connectivity index (χ4n) is 1.92. The Labute approximate surface area is 101 Å². The number of rotatable bonds is 3. The van der Waals surface area contributed by atoms with E-state index in [9.17, 15) is 4.79 Å². The van der Waals surface area contributed by atoms with Crippen LogP contribution in [0.1, 0.15) is 27.2 Å². The van der Waals surface area contributed by atoms with Crippen molar-refractivity contribution in [3.05, 3.63) is 0 Å². The molecular formula is C11H21BrN2O. The van der Waals surface area contributed by atoms with Gasteiger partial charge < -0.3 is 10.2 Å². The standard InChI is InChI=1S/C11H21BrN2O/c1-8-5-9(7-14(8)4)6-13-10(15)11(2,3)12/h8-9H,5-7H2,1-4H3,(H,13,15). The molecule has 4 heteroatoms. The molecule has 3 nitrogen and oxygen atoms in total. The first-order valence-electron chi connectivity index (χ1n) is 5.48. The van der Waals surface area contributed by atoms with Crippen molar-refractivity contribution >= 4 is 21.8 Å². The molecule has 0 bridgehead atoms. The maximum Gasteiger partial charge on any atom is 0.236 e. The summed E-state index contributed by atoms with van der Waals surface area (Å²) in [5, 5.41) is 2.99. The highest BCUT2D eigenvalue weighted by atomic mass is 79.9. The van der Waals surface area contributed by atoms with E-state index in [0.29, 0.717) is 12.0 Å². The van der Waals surface area contributed by atoms with Gasteiger partial charge in [-0.2, -0.15) is 0 Å². The molecule has 1 fully saturated rings. The van der Waals surface area contributed by atoms with E-state index in [4.69, 9.17) is 0 Å². The number of nitrogens with one attached hydrogen (secondary N) is 1. The third kappa shape index (κ3) is 3.76. The first kappa shape index (κ1) is 13.0. The van der Waals surface area contributed by atoms with Crippen molar-refractivity contribution in [3.8, 4) is 0 Å². The van der Waals surface area contributed by atoms with Crippen LogP contribution in [0.25, 0.3) is 0 Å². The minimum atomic E-state index is -0.455. The Balaban J connectivity index is 2.30. The second-order valence-corrected chi connectivity index (χ2v) is 7.06. The number of carbonyl (C=O) groups excluding carboxylic acids is 1. The first-order valence-corrected chi connectivity index (χ1v) is 6.27. The lowest BCUT2D eigenvalue weighted by Gasteiger charge is -2.18. The Kier molecular flexibility index (Phi) is 4.18. The van der Waals surface area contributed by atoms with Crippen LogP contribution in [0, 0.1) is 5.92 Å². The number of nitrogens with zero attached hydrogens (tertiary/aromatic N) is 1. The number of carbonyl (C=O) groups is 1. The highest BCUT2D eigenvalue weighted by Gasteiger charge is 2.28. The van der Waals surface area contributed by atoms with Crippen molar-refractivity contribution in [2.45, 2.75) is 37.6 Å². The van der Waals surface area contributed by atoms with Crippen LogP contribution in [0.5, 0.6) is 0 Å². The molecule has 15 heavy (non-hydrogen) atoms. The third-order valence-corrected chi connectivity index (χ3v) is 3.42. The number of hydrogen-bond acceptors (Lipinski definition) is 2. The number of amides is 1. The molecule has 0 saturated carbocycles. The van der Waals surface area contributed by atoms with Crippen molar-refractivity contribution in [3.63, 3.8) is 0 Å². The molecule has 2 unspecified atom stereocenters. The van der Waals surface area contributed by atoms with Crippen LogP contribution in [0.2, 0.25) is 0 Å². The molecule has 1 aliphatic heterocycles. The van der Waals surface area contributed by atoms with Crippen LogP contribution < -0.4 is 5.32 Å². The lowest BCUT2D eigenvalue weighted by Crippen LogP contribution is -2.40. The molecule has 88 valence electrons. The molecule has 1 aliphatic rings. The van der Waals surface area contributed by atoms with Gasteiger partial charge in [-0.3, -0.25) is 4.79 Å². The Morgan fingerprint density at radius 2 is 2.20 bits per heavy atom. The van der Waals surface area contributed by atoms with Gasteiger partial charge in [0.15, 0.2) is 0 Å². The average Bonchev–Trinajstić information content (AvgIpc) is 2.41. The summed E-state index contributed by atoms with van der Waals surface area (Å²) in [5.74, 6) is 0.675. The SMILES string of the molecule is CC1CC(CNC(=O)C(C)(C)Br)CN1C. The van der Waals surface area contributed by atoms with Crippen LogP contribution in [-0.2, 0) is 4.79 Å². The molecule has 0 radical (unpaired) electrons. The Hall–Kier alpha value is -0.0900. The maximum atomic E-state index is 11.6. The maximum absolute atomic E-state index is 11.6. The summed E-state index contributed by atoms with van der Waals surface area (Å²) in [6.45, 7) is 7.85. The lowest BCUT2D eigenvalue weighted by atomic mass is 10.1. The van der Waals surface area contributed by atoms with Crippen molar-refractivity contribution in [1.82, 2.24) is 10.2 Å². The van der Waals surface area contributed by atoms with Crippen LogP contribution in [0.4, 0.5) is 0 Å². The molecule has 2 atom stereocenters. The van der Waals surface area contributed by atoms with Gasteiger partial charge in [-0.25, -0.2) is 0 Å². The molecule has 1 amide bonds. The van der Waals surface area contributed by atoms with E-state index in [1.54, 1.807) is 0 Å². The molecule has 0 aliphatic carbocycles. The van der Waals surface area contributed by atoms with Gasteiger partial charge in [0.2, 0.25) is 5.91 Å². The predicted octanol–water partition coefficient (Wildman–Crippen LogP) is 1.62. The van der Waals surface area contributed by atoms with Crippen LogP contribution >= 0.6 is 15.9 Å². The highest BCUT2D eigenvalue weighted by Crippen LogP contribution is 2.21. The van der Waals surface area contributed by atoms with E-state index in [2.05, 4.69) is 40.1 Å². The van der Waals surface area contributed by atoms with Gasteiger partial charge >= 0.3 is 0 Å². The van der Waals surface area contributed by atoms with Gasteiger partial charge in [0.1, 0.15) is 0 Å². The topological polar surface area (TPSA) is 32.3 Å². The molecule has 0 aromatic rings. The Morgan fingerprint density at radius 1 is 1.60 bits per heavy atom. The molecule has 0 spiro atoms. The number of alkyl halides is 1. The summed E-state index contributed by atoms with van der Waals surface area (Å²) < 4.78 is -0.455. The van der Waals surface area contributed by atoms with Crippen molar-refractivity contribution in [2.75, 3.05) is 20.1 Å². The summed E-state index contributed by atoms with van der Waals surface area (Å²) in [6.07, 6.45) is 1.18. The number of hydrogen-bond donors (Lipinski definition) is 1. The van der Waals surface area contributed by atoms with Crippen molar-refractivity contribution in [1.29, 1.82) is 0 Å². The van der Waals surface area contributed by atoms with E-state index in [1.165, 1.54) is 6.42 Å². The quantitative estimate of drug-likeness (QED) is 0.795. The molecule has 1 heterocycles. The monoisotopic (exact) mass is 276 g/mol. The third-order valence-electron chi connectivity index (χ3n) is 3.06. The van der Waals surface area contributed by atoms with Crippen LogP contribution in [0.3, 0.4) is 0 Å². The van der Waals surface area contributed by atoms with Crippen molar-refractivity contribution in [2.24, 2.45) is 5.92 Å². The van der Waals surface area contributed by atoms with Crippen molar-refractivity contribution < 1.29 is 4.79 Å². The van der Waals surface area contributed by atoms with Gasteiger partial charge in [0, 0.05) is 19.1 Å². The zero-order valence-electron chi connectivity index (χ0n) is 10.0. The molecule has 0 aromatic carbocycles. The fourth-order valence-corrected chi connectivity index (χ4v) is 2.06. The zero-order chi connectivity index (χ0) is 11.6. The highest BCUT2D eigenvalue weighted by molar-refractivity contribution is 9.10. The Bertz CT molecular complexity index is 227. The summed E-state index contributed by atoms with van der Waals surface area (Å²) >= 11 is 3.35. The molecule has 0 aromatic heterocycles. The number of likely N-dealkylation sites (tertiary alicyclic amines) is 1. The van der Waals surface area contributed by atoms with Gasteiger partial charge in [0.05, 0.1) is 4.32 Å². The molecule has 1 rings (SSSR count). The second-order valence-electron chi connectivity index (χ2n) is 5.07. The van der Waals surface area contributed by atoms with Gasteiger partial charge in [-0.15, -0.1) is 0 Å². The lowest BCUT2D eigenvalue weighted by molar-refractivity contribution is -0.122. The Morgan fingerprint density at radius 3 is 2.60 bits per heavy atom. The normalized spacial score (nSPS) is 28.1. The molecule has 1 saturated heterocycles. The summed E-state index contributed by atoms with van der Waals surface area (Å²) in [7, 11) is 2.14. The van der Waals surface area contributed by atoms with E-state index in [-0.39, 0.29) is 5.91 Å². The number of halogens is 1. The predicted molar refractivity (Wildman–Crippen MR) is 66.2 cm³/mol. The van der Waals surface area contributed by atoms with E-state index >= 15 is 0 Å². The van der Waals surface area contributed by atoms with E-state index in [1.807, 2.05) is 13.8 Å². The van der Waals surface area contributed by atoms with Gasteiger partial charge in [-0.1, -0.05) is 15.9 Å². The fraction of sp³-hybridized carbons (Fsp3) is 0.909. The first-order chi connectivity index (χ1) is 6.80. The van der Waals surface area contributed by atoms with Crippen LogP contribution in [-0.4, -0.2) is 41.3 Å². The summed E-state index contributed by atoms with van der Waals surface area (Å²) in [5.41, 5.74) is 0. The molecular weight excluding hydrogens is 256 g/mol. The average molecular weight is 277 g/mol. The minimum absolute atomic E-state index is 0.0738. The minimum Gasteiger partial charge on any atom is -0.355 e. The summed E-state index contributed by atoms with van der Waals surface area (Å²) in [6, 6.07) is 0.642. The smallest absolute Gasteiger partial charge is 0.236 e. The van der Waals surface area contributed by atoms with E-state index in [0.717, 1.165) is 13.1 Å².